The first-order chi connectivity index (χ1) is 8.34. The van der Waals surface area contributed by atoms with E-state index < -0.39 is 11.4 Å². The van der Waals surface area contributed by atoms with Crippen molar-refractivity contribution in [3.8, 4) is 0 Å². The second kappa shape index (κ2) is 4.23. The van der Waals surface area contributed by atoms with Crippen LogP contribution >= 0.6 is 0 Å². The van der Waals surface area contributed by atoms with Crippen molar-refractivity contribution in [1.82, 2.24) is 4.90 Å². The molecule has 2 aliphatic rings. The normalized spacial score (nSPS) is 27.6. The number of allylic oxidation sites excluding steroid dienone is 2. The molecule has 0 saturated carbocycles. The molecule has 1 heterocycles. The Morgan fingerprint density at radius 3 is 2.11 bits per heavy atom. The Morgan fingerprint density at radius 2 is 1.72 bits per heavy atom. The van der Waals surface area contributed by atoms with E-state index >= 15 is 0 Å². The number of rotatable bonds is 3. The van der Waals surface area contributed by atoms with Gasteiger partial charge in [0, 0.05) is 6.54 Å². The third-order valence-corrected chi connectivity index (χ3v) is 3.73. The smallest absolute Gasteiger partial charge is 0.310 e. The molecule has 2 rings (SSSR count). The molecular formula is C13H17NO4. The van der Waals surface area contributed by atoms with Gasteiger partial charge in [-0.15, -0.1) is 0 Å². The van der Waals surface area contributed by atoms with Crippen LogP contribution in [-0.4, -0.2) is 34.3 Å². The topological polar surface area (TPSA) is 74.7 Å². The average molecular weight is 251 g/mol. The molecule has 0 aromatic rings. The maximum Gasteiger partial charge on any atom is 0.310 e. The average Bonchev–Trinajstić information content (AvgIpc) is 2.55. The molecule has 1 aliphatic carbocycles. The van der Waals surface area contributed by atoms with Gasteiger partial charge in [-0.05, 0) is 26.7 Å². The van der Waals surface area contributed by atoms with Crippen molar-refractivity contribution in [2.45, 2.75) is 26.7 Å². The molecule has 2 unspecified atom stereocenters. The number of carbonyl (C=O) groups is 3. The Balaban J connectivity index is 2.19. The van der Waals surface area contributed by atoms with Gasteiger partial charge < -0.3 is 5.11 Å². The maximum atomic E-state index is 12.1. The summed E-state index contributed by atoms with van der Waals surface area (Å²) >= 11 is 0. The predicted octanol–water partition coefficient (Wildman–Crippen LogP) is 1.05. The number of imide groups is 1. The second-order valence-electron chi connectivity index (χ2n) is 5.61. The number of aliphatic carboxylic acids is 1. The first kappa shape index (κ1) is 12.8. The van der Waals surface area contributed by atoms with E-state index in [0.29, 0.717) is 12.8 Å². The lowest BCUT2D eigenvalue weighted by Gasteiger charge is -2.25. The largest absolute Gasteiger partial charge is 0.481 e. The van der Waals surface area contributed by atoms with E-state index in [2.05, 4.69) is 0 Å². The van der Waals surface area contributed by atoms with E-state index in [9.17, 15) is 14.4 Å². The van der Waals surface area contributed by atoms with Crippen LogP contribution < -0.4 is 0 Å². The maximum absolute atomic E-state index is 12.1. The van der Waals surface area contributed by atoms with Crippen molar-refractivity contribution in [3.05, 3.63) is 12.2 Å². The van der Waals surface area contributed by atoms with Gasteiger partial charge in [-0.2, -0.15) is 0 Å². The fourth-order valence-corrected chi connectivity index (χ4v) is 2.49. The van der Waals surface area contributed by atoms with E-state index in [4.69, 9.17) is 5.11 Å². The summed E-state index contributed by atoms with van der Waals surface area (Å²) in [4.78, 5) is 36.5. The number of carbonyl (C=O) groups excluding carboxylic acids is 2. The highest BCUT2D eigenvalue weighted by molar-refractivity contribution is 6.05. The number of likely N-dealkylation sites (tertiary alicyclic amines) is 1. The van der Waals surface area contributed by atoms with Crippen LogP contribution in [0.2, 0.25) is 0 Å². The fourth-order valence-electron chi connectivity index (χ4n) is 2.49. The first-order valence-corrected chi connectivity index (χ1v) is 6.08. The molecule has 0 spiro atoms. The van der Waals surface area contributed by atoms with Gasteiger partial charge in [0.15, 0.2) is 0 Å². The number of nitrogens with zero attached hydrogens (tertiary/aromatic N) is 1. The van der Waals surface area contributed by atoms with Crippen LogP contribution in [0.5, 0.6) is 0 Å². The molecule has 0 aromatic heterocycles. The van der Waals surface area contributed by atoms with Crippen molar-refractivity contribution >= 4 is 17.8 Å². The number of amides is 2. The Morgan fingerprint density at radius 1 is 1.28 bits per heavy atom. The summed E-state index contributed by atoms with van der Waals surface area (Å²) in [5, 5.41) is 9.07. The van der Waals surface area contributed by atoms with Crippen LogP contribution in [0.25, 0.3) is 0 Å². The SMILES string of the molecule is CC(C)(CN1C(=O)C2CC=CCC2C1=O)C(=O)O. The molecule has 2 atom stereocenters. The number of fused-ring (bicyclic) bond motifs is 1. The molecule has 1 saturated heterocycles. The van der Waals surface area contributed by atoms with Gasteiger partial charge in [-0.3, -0.25) is 19.3 Å². The highest BCUT2D eigenvalue weighted by Crippen LogP contribution is 2.36. The van der Waals surface area contributed by atoms with Gasteiger partial charge in [0.1, 0.15) is 0 Å². The van der Waals surface area contributed by atoms with Gasteiger partial charge >= 0.3 is 5.97 Å². The Bertz CT molecular complexity index is 412. The lowest BCUT2D eigenvalue weighted by molar-refractivity contribution is -0.151. The second-order valence-corrected chi connectivity index (χ2v) is 5.61. The summed E-state index contributed by atoms with van der Waals surface area (Å²) in [6.07, 6.45) is 4.99. The third kappa shape index (κ3) is 1.94. The molecule has 98 valence electrons. The summed E-state index contributed by atoms with van der Waals surface area (Å²) in [6, 6.07) is 0. The van der Waals surface area contributed by atoms with Gasteiger partial charge in [-0.1, -0.05) is 12.2 Å². The zero-order valence-electron chi connectivity index (χ0n) is 10.5. The molecule has 0 bridgehead atoms. The Kier molecular flexibility index (Phi) is 3.00. The van der Waals surface area contributed by atoms with Gasteiger partial charge in [0.2, 0.25) is 11.8 Å². The lowest BCUT2D eigenvalue weighted by Crippen LogP contribution is -2.42. The third-order valence-electron chi connectivity index (χ3n) is 3.73. The number of hydrogen-bond acceptors (Lipinski definition) is 3. The monoisotopic (exact) mass is 251 g/mol. The standard InChI is InChI=1S/C13H17NO4/c1-13(2,12(17)18)7-14-10(15)8-5-3-4-6-9(8)11(14)16/h3-4,8-9H,5-7H2,1-2H3,(H,17,18). The van der Waals surface area contributed by atoms with Crippen LogP contribution in [-0.2, 0) is 14.4 Å². The highest BCUT2D eigenvalue weighted by Gasteiger charge is 2.49. The lowest BCUT2D eigenvalue weighted by atomic mass is 9.85. The van der Waals surface area contributed by atoms with Crippen molar-refractivity contribution in [1.29, 1.82) is 0 Å². The quantitative estimate of drug-likeness (QED) is 0.601. The Hall–Kier alpha value is -1.65. The fraction of sp³-hybridized carbons (Fsp3) is 0.615. The molecule has 0 aromatic carbocycles. The van der Waals surface area contributed by atoms with Crippen LogP contribution in [0.1, 0.15) is 26.7 Å². The minimum atomic E-state index is -1.10. The summed E-state index contributed by atoms with van der Waals surface area (Å²) < 4.78 is 0. The van der Waals surface area contributed by atoms with Crippen LogP contribution in [0.3, 0.4) is 0 Å². The molecule has 1 fully saturated rings. The van der Waals surface area contributed by atoms with Crippen LogP contribution in [0.15, 0.2) is 12.2 Å². The summed E-state index contributed by atoms with van der Waals surface area (Å²) in [6.45, 7) is 3.00. The molecule has 1 aliphatic heterocycles. The Labute approximate surface area is 105 Å². The predicted molar refractivity (Wildman–Crippen MR) is 63.5 cm³/mol. The van der Waals surface area contributed by atoms with Crippen LogP contribution in [0.4, 0.5) is 0 Å². The molecule has 18 heavy (non-hydrogen) atoms. The molecule has 5 heteroatoms. The number of hydrogen-bond donors (Lipinski definition) is 1. The van der Waals surface area contributed by atoms with Crippen LogP contribution in [0, 0.1) is 17.3 Å². The molecular weight excluding hydrogens is 234 g/mol. The van der Waals surface area contributed by atoms with E-state index in [1.165, 1.54) is 13.8 Å². The first-order valence-electron chi connectivity index (χ1n) is 6.08. The van der Waals surface area contributed by atoms with Gasteiger partial charge in [0.25, 0.3) is 0 Å². The van der Waals surface area contributed by atoms with E-state index in [1.54, 1.807) is 0 Å². The van der Waals surface area contributed by atoms with E-state index in [-0.39, 0.29) is 30.2 Å². The minimum absolute atomic E-state index is 0.0486. The summed E-state index contributed by atoms with van der Waals surface area (Å²) in [5.74, 6) is -2.01. The molecule has 1 N–H and O–H groups in total. The summed E-state index contributed by atoms with van der Waals surface area (Å²) in [5.41, 5.74) is -1.10. The molecule has 5 nitrogen and oxygen atoms in total. The van der Waals surface area contributed by atoms with Crippen molar-refractivity contribution in [3.63, 3.8) is 0 Å². The van der Waals surface area contributed by atoms with Gasteiger partial charge in [0.05, 0.1) is 17.3 Å². The molecule has 2 amide bonds. The number of carboxylic acid groups (broad SMARTS) is 1. The van der Waals surface area contributed by atoms with Crippen molar-refractivity contribution < 1.29 is 19.5 Å². The molecule has 0 radical (unpaired) electrons. The van der Waals surface area contributed by atoms with Gasteiger partial charge in [-0.25, -0.2) is 0 Å². The minimum Gasteiger partial charge on any atom is -0.481 e. The van der Waals surface area contributed by atoms with Crippen molar-refractivity contribution in [2.24, 2.45) is 17.3 Å². The highest BCUT2D eigenvalue weighted by atomic mass is 16.4. The van der Waals surface area contributed by atoms with Crippen molar-refractivity contribution in [2.75, 3.05) is 6.54 Å². The zero-order valence-corrected chi connectivity index (χ0v) is 10.5. The van der Waals surface area contributed by atoms with E-state index in [0.717, 1.165) is 4.90 Å². The summed E-state index contributed by atoms with van der Waals surface area (Å²) in [7, 11) is 0. The zero-order chi connectivity index (χ0) is 13.5. The number of carboxylic acids is 1. The van der Waals surface area contributed by atoms with E-state index in [1.807, 2.05) is 12.2 Å².